The van der Waals surface area contributed by atoms with Gasteiger partial charge in [0.2, 0.25) is 5.91 Å². The summed E-state index contributed by atoms with van der Waals surface area (Å²) in [5.41, 5.74) is 5.05. The van der Waals surface area contributed by atoms with E-state index in [2.05, 4.69) is 0 Å². The van der Waals surface area contributed by atoms with E-state index in [0.29, 0.717) is 0 Å². The fraction of sp³-hybridized carbons (Fsp3) is 0.857. The van der Waals surface area contributed by atoms with E-state index >= 15 is 0 Å². The molecule has 0 heterocycles. The van der Waals surface area contributed by atoms with Crippen LogP contribution < -0.4 is 5.73 Å². The van der Waals surface area contributed by atoms with E-state index in [1.165, 1.54) is 21.1 Å². The van der Waals surface area contributed by atoms with Crippen LogP contribution in [0.2, 0.25) is 0 Å². The zero-order valence-corrected chi connectivity index (χ0v) is 8.22. The van der Waals surface area contributed by atoms with Crippen LogP contribution >= 0.6 is 11.6 Å². The molecular weight excluding hydrogens is 182 g/mol. The van der Waals surface area contributed by atoms with Crippen LogP contribution in [0.3, 0.4) is 0 Å². The second-order valence-corrected chi connectivity index (χ2v) is 3.50. The van der Waals surface area contributed by atoms with Crippen molar-refractivity contribution < 1.29 is 14.3 Å². The molecule has 0 saturated heterocycles. The minimum Gasteiger partial charge on any atom is -0.368 e. The SMILES string of the molecule is COC(CC(C)(Cl)C(N)=O)OC. The van der Waals surface area contributed by atoms with Crippen LogP contribution in [0.25, 0.3) is 0 Å². The molecule has 1 atom stereocenters. The summed E-state index contributed by atoms with van der Waals surface area (Å²) in [5, 5.41) is 0. The number of ether oxygens (including phenoxy) is 2. The van der Waals surface area contributed by atoms with Gasteiger partial charge < -0.3 is 15.2 Å². The van der Waals surface area contributed by atoms with Crippen LogP contribution in [0, 0.1) is 0 Å². The monoisotopic (exact) mass is 195 g/mol. The van der Waals surface area contributed by atoms with E-state index in [-0.39, 0.29) is 6.42 Å². The van der Waals surface area contributed by atoms with Crippen LogP contribution in [0.1, 0.15) is 13.3 Å². The van der Waals surface area contributed by atoms with Gasteiger partial charge in [0.15, 0.2) is 6.29 Å². The zero-order valence-electron chi connectivity index (χ0n) is 7.46. The molecule has 0 aliphatic rings. The highest BCUT2D eigenvalue weighted by atomic mass is 35.5. The molecule has 12 heavy (non-hydrogen) atoms. The minimum atomic E-state index is -1.11. The number of carbonyl (C=O) groups is 1. The molecule has 0 rings (SSSR count). The lowest BCUT2D eigenvalue weighted by Gasteiger charge is -2.22. The minimum absolute atomic E-state index is 0.233. The van der Waals surface area contributed by atoms with Gasteiger partial charge in [0.05, 0.1) is 0 Å². The van der Waals surface area contributed by atoms with Gasteiger partial charge in [-0.2, -0.15) is 0 Å². The van der Waals surface area contributed by atoms with Gasteiger partial charge in [0.25, 0.3) is 0 Å². The van der Waals surface area contributed by atoms with Crippen LogP contribution in [0.5, 0.6) is 0 Å². The standard InChI is InChI=1S/C7H14ClNO3/c1-7(8,6(9)10)4-5(11-2)12-3/h5H,4H2,1-3H3,(H2,9,10). The van der Waals surface area contributed by atoms with Crippen molar-refractivity contribution in [1.82, 2.24) is 0 Å². The summed E-state index contributed by atoms with van der Waals surface area (Å²) >= 11 is 5.79. The molecule has 0 saturated carbocycles. The van der Waals surface area contributed by atoms with Crippen LogP contribution in [-0.2, 0) is 14.3 Å². The third-order valence-corrected chi connectivity index (χ3v) is 1.93. The molecule has 0 aromatic carbocycles. The molecule has 0 aliphatic carbocycles. The summed E-state index contributed by atoms with van der Waals surface area (Å²) in [4.78, 5) is 9.65. The molecule has 0 radical (unpaired) electrons. The summed E-state index contributed by atoms with van der Waals surface area (Å²) in [6.07, 6.45) is -0.267. The first-order valence-electron chi connectivity index (χ1n) is 3.48. The van der Waals surface area contributed by atoms with Gasteiger partial charge in [-0.1, -0.05) is 0 Å². The Morgan fingerprint density at radius 1 is 1.58 bits per heavy atom. The summed E-state index contributed by atoms with van der Waals surface area (Å²) in [6.45, 7) is 1.53. The Balaban J connectivity index is 4.12. The molecule has 0 aromatic heterocycles. The molecule has 2 N–H and O–H groups in total. The number of primary amides is 1. The lowest BCUT2D eigenvalue weighted by atomic mass is 10.1. The lowest BCUT2D eigenvalue weighted by molar-refractivity contribution is -0.130. The number of methoxy groups -OCH3 is 2. The number of halogens is 1. The number of hydrogen-bond acceptors (Lipinski definition) is 3. The van der Waals surface area contributed by atoms with E-state index in [1.807, 2.05) is 0 Å². The van der Waals surface area contributed by atoms with Gasteiger partial charge in [0.1, 0.15) is 4.87 Å². The molecule has 0 spiro atoms. The highest BCUT2D eigenvalue weighted by Gasteiger charge is 2.31. The van der Waals surface area contributed by atoms with E-state index in [9.17, 15) is 4.79 Å². The number of rotatable bonds is 5. The second kappa shape index (κ2) is 4.64. The first-order valence-corrected chi connectivity index (χ1v) is 3.86. The predicted octanol–water partition coefficient (Wildman–Crippen LogP) is 0.478. The molecule has 0 fully saturated rings. The average Bonchev–Trinajstić information content (AvgIpc) is 2.00. The maximum absolute atomic E-state index is 10.8. The van der Waals surface area contributed by atoms with E-state index in [4.69, 9.17) is 26.8 Å². The van der Waals surface area contributed by atoms with Crippen molar-refractivity contribution in [1.29, 1.82) is 0 Å². The number of hydrogen-bond donors (Lipinski definition) is 1. The van der Waals surface area contributed by atoms with Gasteiger partial charge in [-0.05, 0) is 6.92 Å². The number of nitrogens with two attached hydrogens (primary N) is 1. The quantitative estimate of drug-likeness (QED) is 0.513. The predicted molar refractivity (Wildman–Crippen MR) is 45.9 cm³/mol. The number of carbonyl (C=O) groups excluding carboxylic acids is 1. The Morgan fingerprint density at radius 3 is 2.25 bits per heavy atom. The first kappa shape index (κ1) is 11.7. The highest BCUT2D eigenvalue weighted by Crippen LogP contribution is 2.21. The molecular formula is C7H14ClNO3. The number of alkyl halides is 1. The van der Waals surface area contributed by atoms with Crippen molar-refractivity contribution >= 4 is 17.5 Å². The lowest BCUT2D eigenvalue weighted by Crippen LogP contribution is -2.39. The third-order valence-electron chi connectivity index (χ3n) is 1.59. The molecule has 1 unspecified atom stereocenters. The van der Waals surface area contributed by atoms with Crippen LogP contribution in [0.4, 0.5) is 0 Å². The van der Waals surface area contributed by atoms with Crippen molar-refractivity contribution in [2.75, 3.05) is 14.2 Å². The van der Waals surface area contributed by atoms with Crippen molar-refractivity contribution in [3.63, 3.8) is 0 Å². The van der Waals surface area contributed by atoms with Crippen molar-refractivity contribution in [3.8, 4) is 0 Å². The van der Waals surface area contributed by atoms with E-state index in [0.717, 1.165) is 0 Å². The normalized spacial score (nSPS) is 16.1. The summed E-state index contributed by atoms with van der Waals surface area (Å²) in [6, 6.07) is 0. The first-order chi connectivity index (χ1) is 5.44. The summed E-state index contributed by atoms with van der Waals surface area (Å²) in [5.74, 6) is -0.580. The summed E-state index contributed by atoms with van der Waals surface area (Å²) in [7, 11) is 2.95. The van der Waals surface area contributed by atoms with Crippen molar-refractivity contribution in [2.45, 2.75) is 24.5 Å². The van der Waals surface area contributed by atoms with Crippen molar-refractivity contribution in [3.05, 3.63) is 0 Å². The van der Waals surface area contributed by atoms with Crippen LogP contribution in [-0.4, -0.2) is 31.3 Å². The Labute approximate surface area is 77.0 Å². The average molecular weight is 196 g/mol. The van der Waals surface area contributed by atoms with Gasteiger partial charge in [-0.15, -0.1) is 11.6 Å². The maximum Gasteiger partial charge on any atom is 0.238 e. The second-order valence-electron chi connectivity index (χ2n) is 2.67. The summed E-state index contributed by atoms with van der Waals surface area (Å²) < 4.78 is 9.74. The largest absolute Gasteiger partial charge is 0.368 e. The van der Waals surface area contributed by atoms with Crippen LogP contribution in [0.15, 0.2) is 0 Å². The fourth-order valence-electron chi connectivity index (χ4n) is 0.676. The molecule has 5 heteroatoms. The Kier molecular flexibility index (Phi) is 4.52. The highest BCUT2D eigenvalue weighted by molar-refractivity contribution is 6.34. The molecule has 0 bridgehead atoms. The zero-order chi connectivity index (χ0) is 9.78. The fourth-order valence-corrected chi connectivity index (χ4v) is 0.802. The smallest absolute Gasteiger partial charge is 0.238 e. The van der Waals surface area contributed by atoms with Gasteiger partial charge >= 0.3 is 0 Å². The van der Waals surface area contributed by atoms with E-state index in [1.54, 1.807) is 0 Å². The molecule has 4 nitrogen and oxygen atoms in total. The Hall–Kier alpha value is -0.320. The topological polar surface area (TPSA) is 61.5 Å². The molecule has 72 valence electrons. The molecule has 0 aromatic rings. The maximum atomic E-state index is 10.8. The van der Waals surface area contributed by atoms with Gasteiger partial charge in [0, 0.05) is 20.6 Å². The Bertz CT molecular complexity index is 157. The van der Waals surface area contributed by atoms with Gasteiger partial charge in [-0.3, -0.25) is 4.79 Å². The Morgan fingerprint density at radius 2 is 2.00 bits per heavy atom. The molecule has 0 aliphatic heterocycles. The van der Waals surface area contributed by atoms with Crippen molar-refractivity contribution in [2.24, 2.45) is 5.73 Å². The molecule has 1 amide bonds. The van der Waals surface area contributed by atoms with E-state index < -0.39 is 17.1 Å². The number of amides is 1. The van der Waals surface area contributed by atoms with Gasteiger partial charge in [-0.25, -0.2) is 0 Å². The third kappa shape index (κ3) is 3.38.